The Balaban J connectivity index is 2.25. The lowest BCUT2D eigenvalue weighted by molar-refractivity contribution is 0.155. The van der Waals surface area contributed by atoms with Crippen molar-refractivity contribution in [2.75, 3.05) is 0 Å². The van der Waals surface area contributed by atoms with Crippen molar-refractivity contribution in [1.29, 1.82) is 0 Å². The number of rotatable bonds is 6. The number of hydrogen-bond acceptors (Lipinski definition) is 1. The maximum absolute atomic E-state index is 9.51. The maximum atomic E-state index is 9.51. The first-order valence-corrected chi connectivity index (χ1v) is 5.58. The highest BCUT2D eigenvalue weighted by Gasteiger charge is 2.09. The number of aliphatic hydroxyl groups excluding tert-OH is 1. The molecule has 0 aromatic heterocycles. The number of aliphatic hydroxyl groups is 1. The average molecular weight is 204 g/mol. The van der Waals surface area contributed by atoms with Crippen LogP contribution in [0.4, 0.5) is 0 Å². The van der Waals surface area contributed by atoms with Crippen LogP contribution in [0.1, 0.15) is 25.3 Å². The van der Waals surface area contributed by atoms with Crippen molar-refractivity contribution < 1.29 is 5.11 Å². The normalized spacial score (nSPS) is 14.5. The van der Waals surface area contributed by atoms with Gasteiger partial charge >= 0.3 is 0 Å². The summed E-state index contributed by atoms with van der Waals surface area (Å²) in [5, 5.41) is 9.51. The van der Waals surface area contributed by atoms with Crippen LogP contribution in [0.5, 0.6) is 0 Å². The second kappa shape index (κ2) is 6.41. The zero-order valence-electron chi connectivity index (χ0n) is 9.39. The summed E-state index contributed by atoms with van der Waals surface area (Å²) in [6.45, 7) is 5.66. The summed E-state index contributed by atoms with van der Waals surface area (Å²) < 4.78 is 0. The van der Waals surface area contributed by atoms with Gasteiger partial charge in [0.1, 0.15) is 0 Å². The highest BCUT2D eigenvalue weighted by Crippen LogP contribution is 2.14. The molecule has 1 N–H and O–H groups in total. The van der Waals surface area contributed by atoms with Gasteiger partial charge in [-0.25, -0.2) is 0 Å². The fourth-order valence-corrected chi connectivity index (χ4v) is 1.68. The van der Waals surface area contributed by atoms with E-state index in [1.165, 1.54) is 5.56 Å². The Morgan fingerprint density at radius 1 is 1.33 bits per heavy atom. The molecule has 0 aliphatic rings. The van der Waals surface area contributed by atoms with Crippen LogP contribution in [-0.4, -0.2) is 11.2 Å². The lowest BCUT2D eigenvalue weighted by Crippen LogP contribution is -2.14. The molecular weight excluding hydrogens is 184 g/mol. The maximum Gasteiger partial charge on any atom is 0.0743 e. The summed E-state index contributed by atoms with van der Waals surface area (Å²) in [6, 6.07) is 10.5. The van der Waals surface area contributed by atoms with Gasteiger partial charge < -0.3 is 5.11 Å². The predicted molar refractivity (Wildman–Crippen MR) is 64.7 cm³/mol. The van der Waals surface area contributed by atoms with Crippen molar-refractivity contribution in [3.8, 4) is 0 Å². The van der Waals surface area contributed by atoms with Crippen molar-refractivity contribution in [1.82, 2.24) is 0 Å². The second-order valence-electron chi connectivity index (χ2n) is 4.08. The molecule has 0 fully saturated rings. The van der Waals surface area contributed by atoms with E-state index in [4.69, 9.17) is 0 Å². The van der Waals surface area contributed by atoms with E-state index in [2.05, 4.69) is 37.8 Å². The SMILES string of the molecule is C=CC(O)[C@H](C)CCCc1ccccc1. The van der Waals surface area contributed by atoms with Crippen LogP contribution in [-0.2, 0) is 6.42 Å². The quantitative estimate of drug-likeness (QED) is 0.705. The third-order valence-corrected chi connectivity index (χ3v) is 2.79. The minimum Gasteiger partial charge on any atom is -0.389 e. The lowest BCUT2D eigenvalue weighted by Gasteiger charge is -2.14. The Labute approximate surface area is 92.5 Å². The number of hydrogen-bond donors (Lipinski definition) is 1. The van der Waals surface area contributed by atoms with Crippen LogP contribution in [0.15, 0.2) is 43.0 Å². The molecule has 0 aliphatic heterocycles. The number of aryl methyl sites for hydroxylation is 1. The summed E-state index contributed by atoms with van der Waals surface area (Å²) in [5.74, 6) is 0.311. The zero-order valence-corrected chi connectivity index (χ0v) is 9.39. The van der Waals surface area contributed by atoms with Crippen LogP contribution >= 0.6 is 0 Å². The molecule has 15 heavy (non-hydrogen) atoms. The topological polar surface area (TPSA) is 20.2 Å². The molecule has 82 valence electrons. The standard InChI is InChI=1S/C14H20O/c1-3-14(15)12(2)8-7-11-13-9-5-4-6-10-13/h3-6,9-10,12,14-15H,1,7-8,11H2,2H3/t12-,14?/m1/s1. The molecule has 0 saturated heterocycles. The van der Waals surface area contributed by atoms with E-state index < -0.39 is 0 Å². The summed E-state index contributed by atoms with van der Waals surface area (Å²) in [4.78, 5) is 0. The molecule has 1 heteroatoms. The molecule has 1 aromatic rings. The van der Waals surface area contributed by atoms with Gasteiger partial charge in [-0.15, -0.1) is 6.58 Å². The summed E-state index contributed by atoms with van der Waals surface area (Å²) >= 11 is 0. The Morgan fingerprint density at radius 3 is 2.60 bits per heavy atom. The van der Waals surface area contributed by atoms with E-state index in [0.29, 0.717) is 5.92 Å². The highest BCUT2D eigenvalue weighted by atomic mass is 16.3. The fraction of sp³-hybridized carbons (Fsp3) is 0.429. The molecule has 1 rings (SSSR count). The predicted octanol–water partition coefficient (Wildman–Crippen LogP) is 3.19. The van der Waals surface area contributed by atoms with Crippen molar-refractivity contribution in [3.63, 3.8) is 0 Å². The minimum absolute atomic E-state index is 0.311. The van der Waals surface area contributed by atoms with Crippen LogP contribution < -0.4 is 0 Å². The highest BCUT2D eigenvalue weighted by molar-refractivity contribution is 5.14. The monoisotopic (exact) mass is 204 g/mol. The Kier molecular flexibility index (Phi) is 5.13. The molecule has 1 unspecified atom stereocenters. The molecule has 0 heterocycles. The van der Waals surface area contributed by atoms with Gasteiger partial charge in [0, 0.05) is 0 Å². The van der Waals surface area contributed by atoms with E-state index in [1.54, 1.807) is 6.08 Å². The fourth-order valence-electron chi connectivity index (χ4n) is 1.68. The van der Waals surface area contributed by atoms with Gasteiger partial charge in [-0.2, -0.15) is 0 Å². The largest absolute Gasteiger partial charge is 0.389 e. The zero-order chi connectivity index (χ0) is 11.1. The lowest BCUT2D eigenvalue weighted by atomic mass is 9.96. The van der Waals surface area contributed by atoms with Crippen LogP contribution in [0.25, 0.3) is 0 Å². The van der Waals surface area contributed by atoms with Gasteiger partial charge in [-0.1, -0.05) is 43.3 Å². The molecule has 1 nitrogen and oxygen atoms in total. The molecule has 2 atom stereocenters. The van der Waals surface area contributed by atoms with Crippen LogP contribution in [0.2, 0.25) is 0 Å². The average Bonchev–Trinajstić information content (AvgIpc) is 2.29. The van der Waals surface area contributed by atoms with Gasteiger partial charge in [0.25, 0.3) is 0 Å². The van der Waals surface area contributed by atoms with Gasteiger partial charge in [-0.3, -0.25) is 0 Å². The Hall–Kier alpha value is -1.08. The van der Waals surface area contributed by atoms with E-state index in [-0.39, 0.29) is 6.10 Å². The molecule has 0 amide bonds. The molecule has 0 radical (unpaired) electrons. The number of benzene rings is 1. The molecule has 0 aliphatic carbocycles. The third-order valence-electron chi connectivity index (χ3n) is 2.79. The van der Waals surface area contributed by atoms with Gasteiger partial charge in [0.2, 0.25) is 0 Å². The Bertz CT molecular complexity index is 279. The van der Waals surface area contributed by atoms with E-state index >= 15 is 0 Å². The van der Waals surface area contributed by atoms with Gasteiger partial charge in [0.05, 0.1) is 6.10 Å². The molecule has 1 aromatic carbocycles. The van der Waals surface area contributed by atoms with Crippen molar-refractivity contribution in [2.45, 2.75) is 32.3 Å². The first-order chi connectivity index (χ1) is 7.24. The van der Waals surface area contributed by atoms with Crippen LogP contribution in [0.3, 0.4) is 0 Å². The Morgan fingerprint density at radius 2 is 2.00 bits per heavy atom. The smallest absolute Gasteiger partial charge is 0.0743 e. The molecule has 0 spiro atoms. The van der Waals surface area contributed by atoms with Gasteiger partial charge in [-0.05, 0) is 30.7 Å². The van der Waals surface area contributed by atoms with Crippen molar-refractivity contribution >= 4 is 0 Å². The van der Waals surface area contributed by atoms with Gasteiger partial charge in [0.15, 0.2) is 0 Å². The van der Waals surface area contributed by atoms with E-state index in [1.807, 2.05) is 6.07 Å². The van der Waals surface area contributed by atoms with Crippen LogP contribution in [0, 0.1) is 5.92 Å². The van der Waals surface area contributed by atoms with E-state index in [0.717, 1.165) is 19.3 Å². The molecule has 0 saturated carbocycles. The van der Waals surface area contributed by atoms with E-state index in [9.17, 15) is 5.11 Å². The summed E-state index contributed by atoms with van der Waals surface area (Å²) in [6.07, 6.45) is 4.51. The second-order valence-corrected chi connectivity index (χ2v) is 4.08. The molecular formula is C14H20O. The molecule has 0 bridgehead atoms. The third kappa shape index (κ3) is 4.30. The van der Waals surface area contributed by atoms with Crippen molar-refractivity contribution in [2.24, 2.45) is 5.92 Å². The first-order valence-electron chi connectivity index (χ1n) is 5.58. The minimum atomic E-state index is -0.360. The first kappa shape index (κ1) is 12.0. The van der Waals surface area contributed by atoms with Crippen molar-refractivity contribution in [3.05, 3.63) is 48.6 Å². The summed E-state index contributed by atoms with van der Waals surface area (Å²) in [5.41, 5.74) is 1.37. The summed E-state index contributed by atoms with van der Waals surface area (Å²) in [7, 11) is 0.